The van der Waals surface area contributed by atoms with E-state index in [2.05, 4.69) is 19.2 Å². The molecule has 1 N–H and O–H groups in total. The summed E-state index contributed by atoms with van der Waals surface area (Å²) < 4.78 is 5.87. The number of benzene rings is 1. The van der Waals surface area contributed by atoms with Crippen molar-refractivity contribution in [1.29, 1.82) is 0 Å². The van der Waals surface area contributed by atoms with Crippen molar-refractivity contribution in [1.82, 2.24) is 5.32 Å². The molecule has 1 aromatic carbocycles. The maximum Gasteiger partial charge on any atom is 0.251 e. The first kappa shape index (κ1) is 17.8. The van der Waals surface area contributed by atoms with Crippen molar-refractivity contribution in [2.24, 2.45) is 5.41 Å². The molecule has 1 aromatic heterocycles. The molecule has 27 heavy (non-hydrogen) atoms. The third-order valence-electron chi connectivity index (χ3n) is 5.66. The van der Waals surface area contributed by atoms with E-state index in [1.165, 1.54) is 0 Å². The quantitative estimate of drug-likeness (QED) is 0.876. The monoisotopic (exact) mass is 366 g/mol. The number of hydrogen-bond acceptors (Lipinski definition) is 3. The molecule has 1 aliphatic carbocycles. The molecule has 2 aliphatic rings. The Balaban J connectivity index is 1.57. The molecule has 2 aromatic rings. The predicted molar refractivity (Wildman–Crippen MR) is 104 cm³/mol. The van der Waals surface area contributed by atoms with Crippen LogP contribution in [0, 0.1) is 12.3 Å². The van der Waals surface area contributed by atoms with Crippen molar-refractivity contribution in [2.45, 2.75) is 53.0 Å². The van der Waals surface area contributed by atoms with E-state index in [9.17, 15) is 9.59 Å². The van der Waals surface area contributed by atoms with Crippen LogP contribution in [0.1, 0.15) is 66.2 Å². The first-order valence-corrected chi connectivity index (χ1v) is 9.55. The Bertz CT molecular complexity index is 926. The molecule has 0 saturated heterocycles. The molecule has 2 heterocycles. The first-order valence-electron chi connectivity index (χ1n) is 9.55. The number of aryl methyl sites for hydroxylation is 1. The molecule has 5 nitrogen and oxygen atoms in total. The largest absolute Gasteiger partial charge is 0.466 e. The molecule has 142 valence electrons. The SMILES string of the molecule is CC(=O)N1CCc2cc(C(=O)N[C@H]3CC(C)(C)Cc4oc(C)cc43)ccc21. The van der Waals surface area contributed by atoms with Crippen molar-refractivity contribution >= 4 is 17.5 Å². The van der Waals surface area contributed by atoms with Crippen LogP contribution in [0.15, 0.2) is 28.7 Å². The normalized spacial score (nSPS) is 20.1. The van der Waals surface area contributed by atoms with Gasteiger partial charge in [-0.1, -0.05) is 13.8 Å². The van der Waals surface area contributed by atoms with E-state index in [-0.39, 0.29) is 23.3 Å². The van der Waals surface area contributed by atoms with Gasteiger partial charge < -0.3 is 14.6 Å². The van der Waals surface area contributed by atoms with Crippen molar-refractivity contribution in [3.8, 4) is 0 Å². The highest BCUT2D eigenvalue weighted by Gasteiger charge is 2.35. The van der Waals surface area contributed by atoms with Crippen molar-refractivity contribution < 1.29 is 14.0 Å². The van der Waals surface area contributed by atoms with Crippen LogP contribution < -0.4 is 10.2 Å². The van der Waals surface area contributed by atoms with Crippen molar-refractivity contribution in [2.75, 3.05) is 11.4 Å². The van der Waals surface area contributed by atoms with Crippen molar-refractivity contribution in [3.05, 3.63) is 52.5 Å². The lowest BCUT2D eigenvalue weighted by Gasteiger charge is -2.34. The maximum absolute atomic E-state index is 12.9. The van der Waals surface area contributed by atoms with Gasteiger partial charge in [-0.15, -0.1) is 0 Å². The van der Waals surface area contributed by atoms with Crippen LogP contribution in [0.5, 0.6) is 0 Å². The second-order valence-corrected chi connectivity index (χ2v) is 8.57. The number of amides is 2. The van der Waals surface area contributed by atoms with E-state index < -0.39 is 0 Å². The summed E-state index contributed by atoms with van der Waals surface area (Å²) in [6, 6.07) is 7.61. The van der Waals surface area contributed by atoms with E-state index in [1.807, 2.05) is 31.2 Å². The lowest BCUT2D eigenvalue weighted by atomic mass is 9.74. The van der Waals surface area contributed by atoms with Crippen LogP contribution in [-0.2, 0) is 17.6 Å². The third-order valence-corrected chi connectivity index (χ3v) is 5.66. The molecule has 0 radical (unpaired) electrons. The molecule has 1 atom stereocenters. The number of rotatable bonds is 2. The highest BCUT2D eigenvalue weighted by Crippen LogP contribution is 2.42. The topological polar surface area (TPSA) is 62.6 Å². The highest BCUT2D eigenvalue weighted by molar-refractivity contribution is 5.98. The van der Waals surface area contributed by atoms with Gasteiger partial charge in [0, 0.05) is 36.7 Å². The average Bonchev–Trinajstić information content (AvgIpc) is 3.15. The van der Waals surface area contributed by atoms with Gasteiger partial charge in [0.2, 0.25) is 5.91 Å². The van der Waals surface area contributed by atoms with Crippen LogP contribution in [-0.4, -0.2) is 18.4 Å². The fourth-order valence-corrected chi connectivity index (χ4v) is 4.43. The van der Waals surface area contributed by atoms with Gasteiger partial charge in [-0.25, -0.2) is 0 Å². The Morgan fingerprint density at radius 3 is 2.78 bits per heavy atom. The number of carbonyl (C=O) groups excluding carboxylic acids is 2. The minimum Gasteiger partial charge on any atom is -0.466 e. The minimum absolute atomic E-state index is 0.0400. The number of hydrogen-bond donors (Lipinski definition) is 1. The standard InChI is InChI=1S/C22H26N2O3/c1-13-9-17-18(11-22(3,4)12-20(17)27-13)23-21(26)16-5-6-19-15(10-16)7-8-24(19)14(2)25/h5-6,9-10,18H,7-8,11-12H2,1-4H3,(H,23,26)/t18-/m0/s1. The summed E-state index contributed by atoms with van der Waals surface area (Å²) in [5, 5.41) is 3.21. The van der Waals surface area contributed by atoms with Crippen LogP contribution in [0.2, 0.25) is 0 Å². The molecule has 0 spiro atoms. The van der Waals surface area contributed by atoms with Crippen LogP contribution in [0.4, 0.5) is 5.69 Å². The highest BCUT2D eigenvalue weighted by atomic mass is 16.3. The van der Waals surface area contributed by atoms with Gasteiger partial charge in [0.1, 0.15) is 11.5 Å². The van der Waals surface area contributed by atoms with Gasteiger partial charge in [0.05, 0.1) is 6.04 Å². The molecule has 2 amide bonds. The summed E-state index contributed by atoms with van der Waals surface area (Å²) in [5.41, 5.74) is 3.80. The van der Waals surface area contributed by atoms with E-state index in [0.29, 0.717) is 12.1 Å². The zero-order valence-corrected chi connectivity index (χ0v) is 16.4. The Morgan fingerprint density at radius 2 is 2.04 bits per heavy atom. The fourth-order valence-electron chi connectivity index (χ4n) is 4.43. The van der Waals surface area contributed by atoms with E-state index >= 15 is 0 Å². The minimum atomic E-state index is -0.0772. The summed E-state index contributed by atoms with van der Waals surface area (Å²) in [6.07, 6.45) is 2.56. The lowest BCUT2D eigenvalue weighted by Crippen LogP contribution is -2.36. The predicted octanol–water partition coefficient (Wildman–Crippen LogP) is 3.94. The molecular weight excluding hydrogens is 340 g/mol. The number of carbonyl (C=O) groups is 2. The van der Waals surface area contributed by atoms with Gasteiger partial charge in [-0.05, 0) is 55.0 Å². The Labute approximate surface area is 159 Å². The Morgan fingerprint density at radius 1 is 1.26 bits per heavy atom. The van der Waals surface area contributed by atoms with E-state index in [4.69, 9.17) is 4.42 Å². The molecular formula is C22H26N2O3. The molecule has 0 fully saturated rings. The molecule has 4 rings (SSSR count). The van der Waals surface area contributed by atoms with Gasteiger partial charge in [-0.2, -0.15) is 0 Å². The summed E-state index contributed by atoms with van der Waals surface area (Å²) in [7, 11) is 0. The lowest BCUT2D eigenvalue weighted by molar-refractivity contribution is -0.116. The second-order valence-electron chi connectivity index (χ2n) is 8.57. The van der Waals surface area contributed by atoms with Crippen LogP contribution >= 0.6 is 0 Å². The van der Waals surface area contributed by atoms with Gasteiger partial charge in [-0.3, -0.25) is 9.59 Å². The average molecular weight is 366 g/mol. The Kier molecular flexibility index (Phi) is 4.13. The summed E-state index contributed by atoms with van der Waals surface area (Å²) >= 11 is 0. The molecule has 0 unspecified atom stereocenters. The Hall–Kier alpha value is -2.56. The smallest absolute Gasteiger partial charge is 0.251 e. The number of furan rings is 1. The summed E-state index contributed by atoms with van der Waals surface area (Å²) in [6.45, 7) is 8.62. The zero-order valence-electron chi connectivity index (χ0n) is 16.4. The number of nitrogens with zero attached hydrogens (tertiary/aromatic N) is 1. The number of fused-ring (bicyclic) bond motifs is 2. The zero-order chi connectivity index (χ0) is 19.3. The molecule has 1 aliphatic heterocycles. The third kappa shape index (κ3) is 3.27. The van der Waals surface area contributed by atoms with E-state index in [1.54, 1.807) is 11.8 Å². The molecule has 0 saturated carbocycles. The van der Waals surface area contributed by atoms with Crippen molar-refractivity contribution in [3.63, 3.8) is 0 Å². The number of nitrogens with one attached hydrogen (secondary N) is 1. The summed E-state index contributed by atoms with van der Waals surface area (Å²) in [5.74, 6) is 1.84. The van der Waals surface area contributed by atoms with Gasteiger partial charge in [0.15, 0.2) is 0 Å². The van der Waals surface area contributed by atoms with Gasteiger partial charge in [0.25, 0.3) is 5.91 Å². The maximum atomic E-state index is 12.9. The fraction of sp³-hybridized carbons (Fsp3) is 0.455. The second kappa shape index (κ2) is 6.25. The first-order chi connectivity index (χ1) is 12.7. The van der Waals surface area contributed by atoms with Gasteiger partial charge >= 0.3 is 0 Å². The van der Waals surface area contributed by atoms with Crippen LogP contribution in [0.3, 0.4) is 0 Å². The summed E-state index contributed by atoms with van der Waals surface area (Å²) in [4.78, 5) is 26.4. The number of anilines is 1. The van der Waals surface area contributed by atoms with Crippen LogP contribution in [0.25, 0.3) is 0 Å². The van der Waals surface area contributed by atoms with E-state index in [0.717, 1.165) is 47.6 Å². The molecule has 0 bridgehead atoms. The molecule has 5 heteroatoms.